The first-order valence-electron chi connectivity index (χ1n) is 7.39. The highest BCUT2D eigenvalue weighted by molar-refractivity contribution is 7.97. The van der Waals surface area contributed by atoms with Crippen LogP contribution in [-0.2, 0) is 10.9 Å². The van der Waals surface area contributed by atoms with E-state index in [4.69, 9.17) is 9.47 Å². The van der Waals surface area contributed by atoms with Crippen molar-refractivity contribution in [2.24, 2.45) is 0 Å². The van der Waals surface area contributed by atoms with Crippen molar-refractivity contribution < 1.29 is 26.5 Å². The summed E-state index contributed by atoms with van der Waals surface area (Å²) in [6, 6.07) is 27.2. The van der Waals surface area contributed by atoms with Crippen molar-refractivity contribution in [3.63, 3.8) is 0 Å². The molecule has 0 atom stereocenters. The van der Waals surface area contributed by atoms with Gasteiger partial charge in [0.2, 0.25) is 0 Å². The summed E-state index contributed by atoms with van der Waals surface area (Å²) in [6.45, 7) is 0. The summed E-state index contributed by atoms with van der Waals surface area (Å²) in [5.41, 5.74) is 0. The Morgan fingerprint density at radius 3 is 1.29 bits per heavy atom. The van der Waals surface area contributed by atoms with Gasteiger partial charge in [-0.25, -0.2) is 0 Å². The lowest BCUT2D eigenvalue weighted by Crippen LogP contribution is -3.00. The van der Waals surface area contributed by atoms with E-state index in [0.717, 1.165) is 11.5 Å². The zero-order chi connectivity index (χ0) is 16.1. The quantitative estimate of drug-likeness (QED) is 0.605. The Morgan fingerprint density at radius 1 is 0.542 bits per heavy atom. The van der Waals surface area contributed by atoms with Gasteiger partial charge in [-0.3, -0.25) is 0 Å². The van der Waals surface area contributed by atoms with Gasteiger partial charge in [-0.1, -0.05) is 18.2 Å². The van der Waals surface area contributed by atoms with Crippen molar-refractivity contribution in [3.05, 3.63) is 78.9 Å². The maximum Gasteiger partial charge on any atom is 0.166 e. The van der Waals surface area contributed by atoms with Gasteiger partial charge in [0.1, 0.15) is 11.5 Å². The van der Waals surface area contributed by atoms with E-state index in [-0.39, 0.29) is 27.9 Å². The molecule has 0 saturated carbocycles. The minimum atomic E-state index is -0.146. The standard InChI is InChI=1S/C20H19O2S.BrH/c1-21-16-8-12-19(13-9-16)23(18-6-4-3-5-7-18)20-14-10-17(22-2)11-15-20;/h3-15H,1-2H3;1H/q+1;/p-1. The number of ether oxygens (including phenoxy) is 2. The highest BCUT2D eigenvalue weighted by Crippen LogP contribution is 2.32. The summed E-state index contributed by atoms with van der Waals surface area (Å²) in [7, 11) is 3.23. The Kier molecular flexibility index (Phi) is 6.76. The lowest BCUT2D eigenvalue weighted by atomic mass is 10.3. The lowest BCUT2D eigenvalue weighted by Gasteiger charge is -2.09. The Balaban J connectivity index is 0.00000208. The Hall–Kier alpha value is -1.91. The summed E-state index contributed by atoms with van der Waals surface area (Å²) >= 11 is 0. The van der Waals surface area contributed by atoms with Gasteiger partial charge >= 0.3 is 0 Å². The van der Waals surface area contributed by atoms with Gasteiger partial charge in [0.05, 0.1) is 25.1 Å². The molecule has 0 heterocycles. The zero-order valence-corrected chi connectivity index (χ0v) is 16.0. The lowest BCUT2D eigenvalue weighted by molar-refractivity contribution is -0.00000522. The Bertz CT molecular complexity index is 695. The summed E-state index contributed by atoms with van der Waals surface area (Å²) in [4.78, 5) is 3.83. The molecule has 0 saturated heterocycles. The number of rotatable bonds is 5. The van der Waals surface area contributed by atoms with E-state index in [2.05, 4.69) is 48.5 Å². The SMILES string of the molecule is COc1ccc([S+](c2ccccc2)c2ccc(OC)cc2)cc1.[Br-]. The average Bonchev–Trinajstić information content (AvgIpc) is 2.64. The van der Waals surface area contributed by atoms with E-state index in [1.54, 1.807) is 14.2 Å². The first-order chi connectivity index (χ1) is 11.3. The van der Waals surface area contributed by atoms with Crippen LogP contribution >= 0.6 is 0 Å². The molecule has 0 aliphatic heterocycles. The third kappa shape index (κ3) is 4.13. The fourth-order valence-corrected chi connectivity index (χ4v) is 4.45. The molecular weight excluding hydrogens is 384 g/mol. The minimum absolute atomic E-state index is 0. The predicted molar refractivity (Wildman–Crippen MR) is 94.6 cm³/mol. The van der Waals surface area contributed by atoms with Crippen LogP contribution in [0.25, 0.3) is 0 Å². The van der Waals surface area contributed by atoms with E-state index in [0.29, 0.717) is 0 Å². The molecule has 0 aromatic heterocycles. The first-order valence-corrected chi connectivity index (χ1v) is 8.62. The van der Waals surface area contributed by atoms with E-state index in [9.17, 15) is 0 Å². The molecule has 0 spiro atoms. The Labute approximate surface area is 156 Å². The summed E-state index contributed by atoms with van der Waals surface area (Å²) in [5.74, 6) is 1.75. The molecule has 0 unspecified atom stereocenters. The molecule has 24 heavy (non-hydrogen) atoms. The topological polar surface area (TPSA) is 18.5 Å². The van der Waals surface area contributed by atoms with Crippen LogP contribution in [0.4, 0.5) is 0 Å². The normalized spacial score (nSPS) is 10.1. The van der Waals surface area contributed by atoms with Gasteiger partial charge in [0.25, 0.3) is 0 Å². The Morgan fingerprint density at radius 2 is 0.917 bits per heavy atom. The van der Waals surface area contributed by atoms with Gasteiger partial charge in [-0.05, 0) is 60.7 Å². The average molecular weight is 403 g/mol. The largest absolute Gasteiger partial charge is 1.00 e. The predicted octanol–water partition coefficient (Wildman–Crippen LogP) is 1.80. The maximum absolute atomic E-state index is 5.28. The van der Waals surface area contributed by atoms with Crippen molar-refractivity contribution in [2.45, 2.75) is 14.7 Å². The first kappa shape index (κ1) is 18.4. The van der Waals surface area contributed by atoms with Crippen LogP contribution in [0.3, 0.4) is 0 Å². The second-order valence-electron chi connectivity index (χ2n) is 4.97. The second-order valence-corrected chi connectivity index (χ2v) is 7.00. The molecule has 0 aliphatic carbocycles. The number of methoxy groups -OCH3 is 2. The van der Waals surface area contributed by atoms with E-state index < -0.39 is 0 Å². The van der Waals surface area contributed by atoms with Crippen molar-refractivity contribution in [1.82, 2.24) is 0 Å². The molecule has 4 heteroatoms. The van der Waals surface area contributed by atoms with Crippen molar-refractivity contribution in [2.75, 3.05) is 14.2 Å². The third-order valence-corrected chi connectivity index (χ3v) is 5.80. The fraction of sp³-hybridized carbons (Fsp3) is 0.100. The number of halogens is 1. The smallest absolute Gasteiger partial charge is 0.166 e. The molecule has 0 N–H and O–H groups in total. The fourth-order valence-electron chi connectivity index (χ4n) is 2.39. The van der Waals surface area contributed by atoms with Gasteiger partial charge < -0.3 is 26.5 Å². The van der Waals surface area contributed by atoms with E-state index in [1.165, 1.54) is 14.7 Å². The summed E-state index contributed by atoms with van der Waals surface area (Å²) < 4.78 is 10.6. The van der Waals surface area contributed by atoms with Crippen LogP contribution < -0.4 is 26.5 Å². The van der Waals surface area contributed by atoms with Crippen molar-refractivity contribution >= 4 is 10.9 Å². The molecule has 2 nitrogen and oxygen atoms in total. The molecule has 0 amide bonds. The van der Waals surface area contributed by atoms with Crippen molar-refractivity contribution in [3.8, 4) is 11.5 Å². The molecule has 124 valence electrons. The molecule has 0 fully saturated rings. The summed E-state index contributed by atoms with van der Waals surface area (Å²) in [6.07, 6.45) is 0. The molecule has 0 radical (unpaired) electrons. The molecule has 3 rings (SSSR count). The van der Waals surface area contributed by atoms with E-state index in [1.807, 2.05) is 30.3 Å². The van der Waals surface area contributed by atoms with Gasteiger partial charge in [0, 0.05) is 0 Å². The number of hydrogen-bond acceptors (Lipinski definition) is 2. The molecule has 3 aromatic rings. The van der Waals surface area contributed by atoms with Crippen LogP contribution in [-0.4, -0.2) is 14.2 Å². The van der Waals surface area contributed by atoms with Crippen molar-refractivity contribution in [1.29, 1.82) is 0 Å². The third-order valence-electron chi connectivity index (χ3n) is 3.57. The maximum atomic E-state index is 5.28. The monoisotopic (exact) mass is 402 g/mol. The molecular formula is C20H19BrO2S. The molecule has 3 aromatic carbocycles. The van der Waals surface area contributed by atoms with Crippen LogP contribution in [0.5, 0.6) is 11.5 Å². The van der Waals surface area contributed by atoms with Gasteiger partial charge in [-0.15, -0.1) is 0 Å². The minimum Gasteiger partial charge on any atom is -1.00 e. The summed E-state index contributed by atoms with van der Waals surface area (Å²) in [5, 5.41) is 0. The zero-order valence-electron chi connectivity index (χ0n) is 13.6. The number of benzene rings is 3. The highest BCUT2D eigenvalue weighted by Gasteiger charge is 2.28. The van der Waals surface area contributed by atoms with Gasteiger partial charge in [-0.2, -0.15) is 0 Å². The number of hydrogen-bond donors (Lipinski definition) is 0. The highest BCUT2D eigenvalue weighted by atomic mass is 79.9. The van der Waals surface area contributed by atoms with Crippen LogP contribution in [0, 0.1) is 0 Å². The van der Waals surface area contributed by atoms with Crippen LogP contribution in [0.15, 0.2) is 93.5 Å². The molecule has 0 bridgehead atoms. The van der Waals surface area contributed by atoms with E-state index >= 15 is 0 Å². The van der Waals surface area contributed by atoms with Crippen LogP contribution in [0.2, 0.25) is 0 Å². The molecule has 0 aliphatic rings. The van der Waals surface area contributed by atoms with Crippen LogP contribution in [0.1, 0.15) is 0 Å². The van der Waals surface area contributed by atoms with Gasteiger partial charge in [0.15, 0.2) is 14.7 Å². The second kappa shape index (κ2) is 8.81.